The molecule has 0 N–H and O–H groups in total. The minimum absolute atomic E-state index is 0.0914. The van der Waals surface area contributed by atoms with Crippen molar-refractivity contribution in [2.75, 3.05) is 26.3 Å². The lowest BCUT2D eigenvalue weighted by atomic mass is 9.96. The van der Waals surface area contributed by atoms with Gasteiger partial charge in [-0.2, -0.15) is 10.1 Å². The van der Waals surface area contributed by atoms with E-state index in [1.54, 1.807) is 9.58 Å². The van der Waals surface area contributed by atoms with Crippen LogP contribution in [0.3, 0.4) is 0 Å². The zero-order valence-corrected chi connectivity index (χ0v) is 16.9. The molecule has 1 saturated carbocycles. The van der Waals surface area contributed by atoms with Crippen molar-refractivity contribution in [3.8, 4) is 11.5 Å². The zero-order chi connectivity index (χ0) is 20.9. The van der Waals surface area contributed by atoms with Crippen molar-refractivity contribution in [3.63, 3.8) is 0 Å². The summed E-state index contributed by atoms with van der Waals surface area (Å²) < 4.78 is 32.6. The Morgan fingerprint density at radius 3 is 2.68 bits per heavy atom. The number of benzene rings is 1. The van der Waals surface area contributed by atoms with Crippen LogP contribution in [0.25, 0.3) is 22.4 Å². The molecule has 0 radical (unpaired) electrons. The van der Waals surface area contributed by atoms with Gasteiger partial charge in [-0.1, -0.05) is 5.16 Å². The van der Waals surface area contributed by atoms with Gasteiger partial charge in [0.05, 0.1) is 36.4 Å². The monoisotopic (exact) mass is 427 g/mol. The van der Waals surface area contributed by atoms with E-state index in [0.717, 1.165) is 25.7 Å². The minimum atomic E-state index is -0.374. The normalized spacial score (nSPS) is 20.2. The van der Waals surface area contributed by atoms with Gasteiger partial charge < -0.3 is 18.9 Å². The van der Waals surface area contributed by atoms with Gasteiger partial charge in [-0.3, -0.25) is 4.68 Å². The number of halogens is 1. The van der Waals surface area contributed by atoms with Gasteiger partial charge in [0.1, 0.15) is 11.9 Å². The number of rotatable bonds is 4. The lowest BCUT2D eigenvalue weighted by Crippen LogP contribution is -2.38. The highest BCUT2D eigenvalue weighted by Gasteiger charge is 2.32. The van der Waals surface area contributed by atoms with Gasteiger partial charge in [-0.05, 0) is 37.8 Å². The third-order valence-corrected chi connectivity index (χ3v) is 6.23. The smallest absolute Gasteiger partial charge is 0.410 e. The van der Waals surface area contributed by atoms with Crippen LogP contribution < -0.4 is 0 Å². The van der Waals surface area contributed by atoms with Crippen LogP contribution in [0.1, 0.15) is 43.5 Å². The van der Waals surface area contributed by atoms with Crippen LogP contribution >= 0.6 is 0 Å². The molecule has 2 saturated heterocycles. The van der Waals surface area contributed by atoms with Gasteiger partial charge in [0.15, 0.2) is 5.82 Å². The van der Waals surface area contributed by atoms with Crippen LogP contribution in [0, 0.1) is 5.82 Å². The van der Waals surface area contributed by atoms with Crippen molar-refractivity contribution in [2.45, 2.75) is 43.7 Å². The van der Waals surface area contributed by atoms with Crippen LogP contribution in [0.5, 0.6) is 0 Å². The topological polar surface area (TPSA) is 95.5 Å². The van der Waals surface area contributed by atoms with E-state index in [0.29, 0.717) is 48.6 Å². The molecule has 4 heterocycles. The molecule has 1 amide bonds. The Balaban J connectivity index is 1.19. The van der Waals surface area contributed by atoms with Gasteiger partial charge in [0, 0.05) is 24.6 Å². The number of hydrogen-bond donors (Lipinski definition) is 0. The number of ether oxygens (including phenoxy) is 2. The van der Waals surface area contributed by atoms with E-state index in [4.69, 9.17) is 14.0 Å². The summed E-state index contributed by atoms with van der Waals surface area (Å²) in [5, 5.41) is 8.92. The minimum Gasteiger partial charge on any atom is -0.446 e. The molecule has 0 bridgehead atoms. The number of amides is 1. The summed E-state index contributed by atoms with van der Waals surface area (Å²) in [5.74, 6) is 0.588. The molecule has 162 valence electrons. The van der Waals surface area contributed by atoms with E-state index in [9.17, 15) is 9.18 Å². The SMILES string of the molecule is O=C(OC1CC1)N1CCC(c2noc(-c3cc(F)c4cnn(C5COC5)c4c3)n2)CC1. The first-order valence-corrected chi connectivity index (χ1v) is 10.7. The highest BCUT2D eigenvalue weighted by Crippen LogP contribution is 2.32. The number of fused-ring (bicyclic) bond motifs is 1. The Kier molecular flexibility index (Phi) is 4.41. The molecule has 2 aliphatic heterocycles. The third-order valence-electron chi connectivity index (χ3n) is 6.23. The molecule has 3 fully saturated rings. The molecular weight excluding hydrogens is 405 g/mol. The molecule has 6 rings (SSSR count). The number of carbonyl (C=O) groups excluding carboxylic acids is 1. The molecule has 1 aliphatic carbocycles. The summed E-state index contributed by atoms with van der Waals surface area (Å²) in [6, 6.07) is 3.35. The standard InChI is InChI=1S/C21H22FN5O4/c22-17-7-13(8-18-16(17)9-23-27(18)14-10-29-11-14)20-24-19(25-31-20)12-3-5-26(6-4-12)21(28)30-15-1-2-15/h7-9,12,14-15H,1-6,10-11H2. The van der Waals surface area contributed by atoms with E-state index in [1.807, 2.05) is 6.07 Å². The molecule has 0 spiro atoms. The van der Waals surface area contributed by atoms with Gasteiger partial charge in [0.2, 0.25) is 0 Å². The molecule has 10 heteroatoms. The summed E-state index contributed by atoms with van der Waals surface area (Å²) in [6.45, 7) is 2.34. The van der Waals surface area contributed by atoms with E-state index >= 15 is 0 Å². The van der Waals surface area contributed by atoms with Gasteiger partial charge >= 0.3 is 6.09 Å². The fourth-order valence-electron chi connectivity index (χ4n) is 4.12. The molecule has 1 aromatic carbocycles. The summed E-state index contributed by atoms with van der Waals surface area (Å²) in [5.41, 5.74) is 1.21. The van der Waals surface area contributed by atoms with E-state index in [2.05, 4.69) is 15.2 Å². The number of piperidine rings is 1. The average Bonchev–Trinajstić information content (AvgIpc) is 3.24. The maximum absolute atomic E-state index is 14.7. The molecule has 3 aliphatic rings. The predicted molar refractivity (Wildman–Crippen MR) is 106 cm³/mol. The average molecular weight is 427 g/mol. The first-order chi connectivity index (χ1) is 15.2. The third kappa shape index (κ3) is 3.44. The van der Waals surface area contributed by atoms with Crippen LogP contribution in [0.2, 0.25) is 0 Å². The quantitative estimate of drug-likeness (QED) is 0.630. The Morgan fingerprint density at radius 2 is 1.97 bits per heavy atom. The summed E-state index contributed by atoms with van der Waals surface area (Å²) >= 11 is 0. The summed E-state index contributed by atoms with van der Waals surface area (Å²) in [6.07, 6.45) is 4.82. The first kappa shape index (κ1) is 18.7. The molecule has 2 aromatic heterocycles. The molecule has 9 nitrogen and oxygen atoms in total. The number of carbonyl (C=O) groups is 1. The highest BCUT2D eigenvalue weighted by atomic mass is 19.1. The van der Waals surface area contributed by atoms with Crippen LogP contribution in [0.15, 0.2) is 22.9 Å². The maximum Gasteiger partial charge on any atom is 0.410 e. The number of likely N-dealkylation sites (tertiary alicyclic amines) is 1. The van der Waals surface area contributed by atoms with Crippen LogP contribution in [-0.2, 0) is 9.47 Å². The van der Waals surface area contributed by atoms with Gasteiger partial charge in [0.25, 0.3) is 5.89 Å². The van der Waals surface area contributed by atoms with Gasteiger partial charge in [-0.15, -0.1) is 0 Å². The highest BCUT2D eigenvalue weighted by molar-refractivity contribution is 5.84. The second-order valence-electron chi connectivity index (χ2n) is 8.47. The van der Waals surface area contributed by atoms with E-state index in [1.165, 1.54) is 12.3 Å². The van der Waals surface area contributed by atoms with Crippen molar-refractivity contribution in [2.24, 2.45) is 0 Å². The predicted octanol–water partition coefficient (Wildman–Crippen LogP) is 3.28. The Bertz CT molecular complexity index is 1130. The fraction of sp³-hybridized carbons (Fsp3) is 0.524. The Morgan fingerprint density at radius 1 is 1.16 bits per heavy atom. The fourth-order valence-corrected chi connectivity index (χ4v) is 4.12. The summed E-state index contributed by atoms with van der Waals surface area (Å²) in [7, 11) is 0. The second kappa shape index (κ2) is 7.30. The van der Waals surface area contributed by atoms with E-state index < -0.39 is 0 Å². The second-order valence-corrected chi connectivity index (χ2v) is 8.47. The molecular formula is C21H22FN5O4. The van der Waals surface area contributed by atoms with Crippen molar-refractivity contribution in [1.82, 2.24) is 24.8 Å². The van der Waals surface area contributed by atoms with Crippen molar-refractivity contribution in [3.05, 3.63) is 30.0 Å². The first-order valence-electron chi connectivity index (χ1n) is 10.7. The maximum atomic E-state index is 14.7. The van der Waals surface area contributed by atoms with Gasteiger partial charge in [-0.25, -0.2) is 9.18 Å². The Hall–Kier alpha value is -3.01. The molecule has 0 unspecified atom stereocenters. The van der Waals surface area contributed by atoms with Crippen LogP contribution in [0.4, 0.5) is 9.18 Å². The van der Waals surface area contributed by atoms with Crippen molar-refractivity contribution in [1.29, 1.82) is 0 Å². The van der Waals surface area contributed by atoms with E-state index in [-0.39, 0.29) is 35.9 Å². The van der Waals surface area contributed by atoms with Crippen molar-refractivity contribution < 1.29 is 23.2 Å². The number of nitrogens with zero attached hydrogens (tertiary/aromatic N) is 5. The molecule has 3 aromatic rings. The summed E-state index contributed by atoms with van der Waals surface area (Å²) in [4.78, 5) is 18.4. The Labute approximate surface area is 177 Å². The molecule has 31 heavy (non-hydrogen) atoms. The number of aromatic nitrogens is 4. The lowest BCUT2D eigenvalue weighted by Gasteiger charge is -2.29. The lowest BCUT2D eigenvalue weighted by molar-refractivity contribution is -0.0266. The van der Waals surface area contributed by atoms with Crippen LogP contribution in [-0.4, -0.2) is 63.3 Å². The largest absolute Gasteiger partial charge is 0.446 e. The zero-order valence-electron chi connectivity index (χ0n) is 16.9. The molecule has 0 atom stereocenters. The van der Waals surface area contributed by atoms with Crippen molar-refractivity contribution >= 4 is 17.0 Å². The number of hydrogen-bond acceptors (Lipinski definition) is 7.